The van der Waals surface area contributed by atoms with Crippen LogP contribution in [0.15, 0.2) is 54.6 Å². The zero-order chi connectivity index (χ0) is 18.9. The molecule has 5 nitrogen and oxygen atoms in total. The van der Waals surface area contributed by atoms with Crippen LogP contribution in [0.2, 0.25) is 0 Å². The molecule has 27 heavy (non-hydrogen) atoms. The summed E-state index contributed by atoms with van der Waals surface area (Å²) >= 11 is 0. The molecule has 0 spiro atoms. The monoisotopic (exact) mass is 368 g/mol. The van der Waals surface area contributed by atoms with E-state index in [4.69, 9.17) is 9.47 Å². The van der Waals surface area contributed by atoms with Gasteiger partial charge in [-0.2, -0.15) is 0 Å². The van der Waals surface area contributed by atoms with E-state index in [1.807, 2.05) is 42.5 Å². The molecule has 1 unspecified atom stereocenters. The van der Waals surface area contributed by atoms with Crippen LogP contribution in [-0.4, -0.2) is 50.3 Å². The van der Waals surface area contributed by atoms with Crippen molar-refractivity contribution in [3.05, 3.63) is 65.7 Å². The molecule has 0 aliphatic carbocycles. The van der Waals surface area contributed by atoms with Crippen LogP contribution >= 0.6 is 0 Å². The average Bonchev–Trinajstić information content (AvgIpc) is 2.74. The quantitative estimate of drug-likeness (QED) is 0.778. The standard InChI is InChI=1S/C22H28N2O3/c1-2-18-8-6-7-11-21(18)27-17-22(25)23-16-20(19-9-4-3-5-10-19)24-12-14-26-15-13-24/h3-11,20H,2,12-17H2,1H3,(H,23,25). The SMILES string of the molecule is CCc1ccccc1OCC(=O)NCC(c1ccccc1)N1CCOCC1. The number of hydrogen-bond acceptors (Lipinski definition) is 4. The number of carbonyl (C=O) groups is 1. The van der Waals surface area contributed by atoms with E-state index in [0.717, 1.165) is 44.0 Å². The predicted molar refractivity (Wildman–Crippen MR) is 106 cm³/mol. The molecule has 0 radical (unpaired) electrons. The van der Waals surface area contributed by atoms with Crippen LogP contribution in [0.1, 0.15) is 24.1 Å². The predicted octanol–water partition coefficient (Wildman–Crippen LogP) is 2.82. The summed E-state index contributed by atoms with van der Waals surface area (Å²) < 4.78 is 11.2. The zero-order valence-electron chi connectivity index (χ0n) is 15.9. The number of hydrogen-bond donors (Lipinski definition) is 1. The first kappa shape index (κ1) is 19.4. The average molecular weight is 368 g/mol. The molecule has 1 aliphatic heterocycles. The number of para-hydroxylation sites is 1. The lowest BCUT2D eigenvalue weighted by Gasteiger charge is -2.34. The molecule has 3 rings (SSSR count). The van der Waals surface area contributed by atoms with Gasteiger partial charge >= 0.3 is 0 Å². The highest BCUT2D eigenvalue weighted by Crippen LogP contribution is 2.21. The Morgan fingerprint density at radius 3 is 2.56 bits per heavy atom. The van der Waals surface area contributed by atoms with Crippen molar-refractivity contribution in [2.75, 3.05) is 39.5 Å². The van der Waals surface area contributed by atoms with Crippen molar-refractivity contribution >= 4 is 5.91 Å². The molecule has 0 saturated carbocycles. The Morgan fingerprint density at radius 2 is 1.81 bits per heavy atom. The van der Waals surface area contributed by atoms with Crippen LogP contribution < -0.4 is 10.1 Å². The molecule has 2 aromatic carbocycles. The zero-order valence-corrected chi connectivity index (χ0v) is 15.9. The van der Waals surface area contributed by atoms with E-state index in [-0.39, 0.29) is 18.6 Å². The van der Waals surface area contributed by atoms with Crippen molar-refractivity contribution in [3.63, 3.8) is 0 Å². The van der Waals surface area contributed by atoms with Gasteiger partial charge in [-0.1, -0.05) is 55.5 Å². The number of rotatable bonds is 8. The summed E-state index contributed by atoms with van der Waals surface area (Å²) in [6, 6.07) is 18.3. The van der Waals surface area contributed by atoms with E-state index < -0.39 is 0 Å². The van der Waals surface area contributed by atoms with Gasteiger partial charge in [0.15, 0.2) is 6.61 Å². The number of aryl methyl sites for hydroxylation is 1. The Morgan fingerprint density at radius 1 is 1.11 bits per heavy atom. The maximum Gasteiger partial charge on any atom is 0.258 e. The minimum absolute atomic E-state index is 0.0294. The first-order valence-corrected chi connectivity index (χ1v) is 9.62. The summed E-state index contributed by atoms with van der Waals surface area (Å²) in [4.78, 5) is 14.7. The molecule has 1 fully saturated rings. The molecule has 5 heteroatoms. The van der Waals surface area contributed by atoms with E-state index in [2.05, 4.69) is 29.3 Å². The molecule has 1 atom stereocenters. The van der Waals surface area contributed by atoms with E-state index in [9.17, 15) is 4.79 Å². The van der Waals surface area contributed by atoms with Crippen molar-refractivity contribution in [3.8, 4) is 5.75 Å². The Kier molecular flexibility index (Phi) is 7.25. The van der Waals surface area contributed by atoms with E-state index in [1.165, 1.54) is 5.56 Å². The van der Waals surface area contributed by atoms with Crippen molar-refractivity contribution < 1.29 is 14.3 Å². The number of nitrogens with zero attached hydrogens (tertiary/aromatic N) is 1. The topological polar surface area (TPSA) is 50.8 Å². The van der Waals surface area contributed by atoms with Crippen LogP contribution in [0, 0.1) is 0 Å². The second-order valence-electron chi connectivity index (χ2n) is 6.63. The lowest BCUT2D eigenvalue weighted by atomic mass is 10.0. The lowest BCUT2D eigenvalue weighted by Crippen LogP contribution is -2.44. The fourth-order valence-electron chi connectivity index (χ4n) is 3.36. The molecule has 144 valence electrons. The second-order valence-corrected chi connectivity index (χ2v) is 6.63. The van der Waals surface area contributed by atoms with Gasteiger partial charge in [0, 0.05) is 19.6 Å². The third-order valence-corrected chi connectivity index (χ3v) is 4.88. The summed E-state index contributed by atoms with van der Waals surface area (Å²) in [6.45, 7) is 5.87. The number of benzene rings is 2. The van der Waals surface area contributed by atoms with Crippen molar-refractivity contribution in [1.29, 1.82) is 0 Å². The third kappa shape index (κ3) is 5.55. The second kappa shape index (κ2) is 10.1. The van der Waals surface area contributed by atoms with Crippen molar-refractivity contribution in [1.82, 2.24) is 10.2 Å². The highest BCUT2D eigenvalue weighted by Gasteiger charge is 2.23. The van der Waals surface area contributed by atoms with Gasteiger partial charge in [-0.05, 0) is 23.6 Å². The Bertz CT molecular complexity index is 715. The van der Waals surface area contributed by atoms with Crippen LogP contribution in [-0.2, 0) is 16.0 Å². The molecule has 1 heterocycles. The maximum absolute atomic E-state index is 12.4. The lowest BCUT2D eigenvalue weighted by molar-refractivity contribution is -0.123. The fraction of sp³-hybridized carbons (Fsp3) is 0.409. The first-order chi connectivity index (χ1) is 13.3. The van der Waals surface area contributed by atoms with Crippen LogP contribution in [0.4, 0.5) is 0 Å². The van der Waals surface area contributed by atoms with Crippen LogP contribution in [0.3, 0.4) is 0 Å². The van der Waals surface area contributed by atoms with Gasteiger partial charge in [-0.15, -0.1) is 0 Å². The first-order valence-electron chi connectivity index (χ1n) is 9.62. The van der Waals surface area contributed by atoms with Crippen molar-refractivity contribution in [2.24, 2.45) is 0 Å². The molecular formula is C22H28N2O3. The van der Waals surface area contributed by atoms with Gasteiger partial charge in [-0.3, -0.25) is 9.69 Å². The minimum atomic E-state index is -0.102. The molecule has 0 aromatic heterocycles. The highest BCUT2D eigenvalue weighted by molar-refractivity contribution is 5.77. The number of carbonyl (C=O) groups excluding carboxylic acids is 1. The summed E-state index contributed by atoms with van der Waals surface area (Å²) in [6.07, 6.45) is 0.880. The van der Waals surface area contributed by atoms with Crippen LogP contribution in [0.25, 0.3) is 0 Å². The van der Waals surface area contributed by atoms with Crippen LogP contribution in [0.5, 0.6) is 5.75 Å². The Balaban J connectivity index is 1.57. The number of morpholine rings is 1. The Labute approximate surface area is 161 Å². The number of nitrogens with one attached hydrogen (secondary N) is 1. The van der Waals surface area contributed by atoms with Gasteiger partial charge in [0.25, 0.3) is 5.91 Å². The van der Waals surface area contributed by atoms with E-state index in [0.29, 0.717) is 6.54 Å². The molecule has 2 aromatic rings. The summed E-state index contributed by atoms with van der Waals surface area (Å²) in [7, 11) is 0. The summed E-state index contributed by atoms with van der Waals surface area (Å²) in [5, 5.41) is 3.04. The van der Waals surface area contributed by atoms with Gasteiger partial charge < -0.3 is 14.8 Å². The highest BCUT2D eigenvalue weighted by atomic mass is 16.5. The Hall–Kier alpha value is -2.37. The van der Waals surface area contributed by atoms with Gasteiger partial charge in [0.2, 0.25) is 0 Å². The molecule has 0 bridgehead atoms. The minimum Gasteiger partial charge on any atom is -0.483 e. The summed E-state index contributed by atoms with van der Waals surface area (Å²) in [5.74, 6) is 0.679. The molecule has 1 N–H and O–H groups in total. The molecule has 1 aliphatic rings. The largest absolute Gasteiger partial charge is 0.483 e. The van der Waals surface area contributed by atoms with E-state index >= 15 is 0 Å². The number of amides is 1. The van der Waals surface area contributed by atoms with E-state index in [1.54, 1.807) is 0 Å². The number of ether oxygens (including phenoxy) is 2. The summed E-state index contributed by atoms with van der Waals surface area (Å²) in [5.41, 5.74) is 2.32. The van der Waals surface area contributed by atoms with Gasteiger partial charge in [0.1, 0.15) is 5.75 Å². The fourth-order valence-corrected chi connectivity index (χ4v) is 3.36. The maximum atomic E-state index is 12.4. The molecule has 1 saturated heterocycles. The van der Waals surface area contributed by atoms with Crippen molar-refractivity contribution in [2.45, 2.75) is 19.4 Å². The normalized spacial score (nSPS) is 15.9. The third-order valence-electron chi connectivity index (χ3n) is 4.88. The van der Waals surface area contributed by atoms with Gasteiger partial charge in [-0.25, -0.2) is 0 Å². The molecule has 1 amide bonds. The smallest absolute Gasteiger partial charge is 0.258 e. The molecular weight excluding hydrogens is 340 g/mol. The van der Waals surface area contributed by atoms with Gasteiger partial charge in [0.05, 0.1) is 19.3 Å².